The van der Waals surface area contributed by atoms with Crippen LogP contribution in [0.1, 0.15) is 13.8 Å². The van der Waals surface area contributed by atoms with E-state index in [-0.39, 0.29) is 5.91 Å². The standard InChI is InChI=1S/C11H25N3O2/c1-4-14(5-2)8-6-12-10-11(15)13-7-9-16-3/h12H,4-10H2,1-3H3,(H,13,15). The van der Waals surface area contributed by atoms with Gasteiger partial charge in [-0.1, -0.05) is 13.8 Å². The van der Waals surface area contributed by atoms with Crippen molar-refractivity contribution in [1.29, 1.82) is 0 Å². The Hall–Kier alpha value is -0.650. The van der Waals surface area contributed by atoms with Crippen LogP contribution in [0.15, 0.2) is 0 Å². The third-order valence-electron chi connectivity index (χ3n) is 2.41. The monoisotopic (exact) mass is 231 g/mol. The lowest BCUT2D eigenvalue weighted by molar-refractivity contribution is -0.120. The van der Waals surface area contributed by atoms with E-state index in [0.717, 1.165) is 26.2 Å². The summed E-state index contributed by atoms with van der Waals surface area (Å²) in [5.41, 5.74) is 0. The van der Waals surface area contributed by atoms with Crippen LogP contribution in [-0.4, -0.2) is 63.8 Å². The summed E-state index contributed by atoms with van der Waals surface area (Å²) in [4.78, 5) is 13.6. The molecule has 0 rings (SSSR count). The molecule has 0 aromatic carbocycles. The molecule has 0 heterocycles. The number of nitrogens with one attached hydrogen (secondary N) is 2. The second kappa shape index (κ2) is 10.9. The molecule has 0 aliphatic heterocycles. The van der Waals surface area contributed by atoms with Crippen molar-refractivity contribution in [3.05, 3.63) is 0 Å². The van der Waals surface area contributed by atoms with Crippen molar-refractivity contribution >= 4 is 5.91 Å². The summed E-state index contributed by atoms with van der Waals surface area (Å²) in [6, 6.07) is 0. The van der Waals surface area contributed by atoms with E-state index >= 15 is 0 Å². The van der Waals surface area contributed by atoms with Crippen LogP contribution < -0.4 is 10.6 Å². The second-order valence-electron chi connectivity index (χ2n) is 3.55. The van der Waals surface area contributed by atoms with E-state index in [1.54, 1.807) is 7.11 Å². The Morgan fingerprint density at radius 1 is 1.25 bits per heavy atom. The van der Waals surface area contributed by atoms with Crippen LogP contribution in [0, 0.1) is 0 Å². The van der Waals surface area contributed by atoms with Gasteiger partial charge in [0.25, 0.3) is 0 Å². The van der Waals surface area contributed by atoms with Crippen molar-refractivity contribution in [2.24, 2.45) is 0 Å². The number of hydrogen-bond donors (Lipinski definition) is 2. The Balaban J connectivity index is 3.33. The molecule has 0 atom stereocenters. The van der Waals surface area contributed by atoms with Gasteiger partial charge in [0, 0.05) is 26.7 Å². The molecule has 0 radical (unpaired) electrons. The lowest BCUT2D eigenvalue weighted by Gasteiger charge is -2.17. The smallest absolute Gasteiger partial charge is 0.234 e. The van der Waals surface area contributed by atoms with Crippen LogP contribution in [0.4, 0.5) is 0 Å². The van der Waals surface area contributed by atoms with E-state index in [0.29, 0.717) is 19.7 Å². The van der Waals surface area contributed by atoms with Crippen molar-refractivity contribution in [2.45, 2.75) is 13.8 Å². The molecule has 0 bridgehead atoms. The van der Waals surface area contributed by atoms with Crippen LogP contribution >= 0.6 is 0 Å². The topological polar surface area (TPSA) is 53.6 Å². The maximum Gasteiger partial charge on any atom is 0.234 e. The van der Waals surface area contributed by atoms with Gasteiger partial charge in [0.2, 0.25) is 5.91 Å². The fourth-order valence-electron chi connectivity index (χ4n) is 1.33. The van der Waals surface area contributed by atoms with Gasteiger partial charge < -0.3 is 20.3 Å². The number of likely N-dealkylation sites (N-methyl/N-ethyl adjacent to an activating group) is 1. The zero-order valence-corrected chi connectivity index (χ0v) is 10.7. The molecule has 0 unspecified atom stereocenters. The first-order valence-electron chi connectivity index (χ1n) is 5.93. The molecule has 5 heteroatoms. The maximum atomic E-state index is 11.3. The minimum absolute atomic E-state index is 0.0246. The van der Waals surface area contributed by atoms with Gasteiger partial charge in [-0.3, -0.25) is 4.79 Å². The van der Waals surface area contributed by atoms with Crippen molar-refractivity contribution in [1.82, 2.24) is 15.5 Å². The molecular formula is C11H25N3O2. The van der Waals surface area contributed by atoms with Crippen molar-refractivity contribution in [3.8, 4) is 0 Å². The van der Waals surface area contributed by atoms with Gasteiger partial charge in [-0.25, -0.2) is 0 Å². The summed E-state index contributed by atoms with van der Waals surface area (Å²) in [5.74, 6) is 0.0246. The number of carbonyl (C=O) groups is 1. The summed E-state index contributed by atoms with van der Waals surface area (Å²) >= 11 is 0. The minimum Gasteiger partial charge on any atom is -0.383 e. The molecule has 0 saturated carbocycles. The van der Waals surface area contributed by atoms with E-state index < -0.39 is 0 Å². The van der Waals surface area contributed by atoms with Gasteiger partial charge in [-0.15, -0.1) is 0 Å². The van der Waals surface area contributed by atoms with Gasteiger partial charge in [0.1, 0.15) is 0 Å². The summed E-state index contributed by atoms with van der Waals surface area (Å²) in [6.07, 6.45) is 0. The van der Waals surface area contributed by atoms with E-state index in [1.165, 1.54) is 0 Å². The summed E-state index contributed by atoms with van der Waals surface area (Å²) < 4.78 is 4.84. The zero-order chi connectivity index (χ0) is 12.2. The highest BCUT2D eigenvalue weighted by Crippen LogP contribution is 1.83. The van der Waals surface area contributed by atoms with E-state index in [9.17, 15) is 4.79 Å². The normalized spacial score (nSPS) is 10.8. The first kappa shape index (κ1) is 15.3. The fourth-order valence-corrected chi connectivity index (χ4v) is 1.33. The lowest BCUT2D eigenvalue weighted by Crippen LogP contribution is -2.39. The van der Waals surface area contributed by atoms with Crippen molar-refractivity contribution in [3.63, 3.8) is 0 Å². The predicted octanol–water partition coefficient (Wildman–Crippen LogP) is -0.320. The first-order chi connectivity index (χ1) is 7.74. The second-order valence-corrected chi connectivity index (χ2v) is 3.55. The van der Waals surface area contributed by atoms with Crippen molar-refractivity contribution in [2.75, 3.05) is 53.0 Å². The lowest BCUT2D eigenvalue weighted by atomic mass is 10.4. The number of hydrogen-bond acceptors (Lipinski definition) is 4. The highest BCUT2D eigenvalue weighted by atomic mass is 16.5. The van der Waals surface area contributed by atoms with Crippen molar-refractivity contribution < 1.29 is 9.53 Å². The Morgan fingerprint density at radius 3 is 2.50 bits per heavy atom. The number of carbonyl (C=O) groups excluding carboxylic acids is 1. The van der Waals surface area contributed by atoms with Crippen LogP contribution in [0.2, 0.25) is 0 Å². The number of ether oxygens (including phenoxy) is 1. The molecular weight excluding hydrogens is 206 g/mol. The zero-order valence-electron chi connectivity index (χ0n) is 10.7. The highest BCUT2D eigenvalue weighted by molar-refractivity contribution is 5.77. The first-order valence-corrected chi connectivity index (χ1v) is 5.93. The third-order valence-corrected chi connectivity index (χ3v) is 2.41. The quantitative estimate of drug-likeness (QED) is 0.506. The van der Waals surface area contributed by atoms with Crippen LogP contribution in [0.25, 0.3) is 0 Å². The predicted molar refractivity (Wildman–Crippen MR) is 65.5 cm³/mol. The molecule has 16 heavy (non-hydrogen) atoms. The molecule has 96 valence electrons. The summed E-state index contributed by atoms with van der Waals surface area (Å²) in [7, 11) is 1.62. The molecule has 0 fully saturated rings. The Labute approximate surface area is 98.5 Å². The Morgan fingerprint density at radius 2 is 1.94 bits per heavy atom. The molecule has 0 saturated heterocycles. The average Bonchev–Trinajstić information content (AvgIpc) is 2.30. The molecule has 0 aromatic heterocycles. The van der Waals surface area contributed by atoms with Crippen LogP contribution in [0.5, 0.6) is 0 Å². The van der Waals surface area contributed by atoms with Gasteiger partial charge >= 0.3 is 0 Å². The van der Waals surface area contributed by atoms with Gasteiger partial charge in [0.05, 0.1) is 13.2 Å². The number of rotatable bonds is 10. The van der Waals surface area contributed by atoms with E-state index in [2.05, 4.69) is 29.4 Å². The van der Waals surface area contributed by atoms with Gasteiger partial charge in [-0.05, 0) is 13.1 Å². The number of nitrogens with zero attached hydrogens (tertiary/aromatic N) is 1. The molecule has 1 amide bonds. The minimum atomic E-state index is 0.0246. The number of amides is 1. The molecule has 5 nitrogen and oxygen atoms in total. The van der Waals surface area contributed by atoms with Crippen LogP contribution in [-0.2, 0) is 9.53 Å². The maximum absolute atomic E-state index is 11.3. The third kappa shape index (κ3) is 8.64. The molecule has 0 spiro atoms. The molecule has 0 aliphatic carbocycles. The summed E-state index contributed by atoms with van der Waals surface area (Å²) in [5, 5.41) is 5.88. The van der Waals surface area contributed by atoms with E-state index in [4.69, 9.17) is 4.74 Å². The number of methoxy groups -OCH3 is 1. The van der Waals surface area contributed by atoms with Gasteiger partial charge in [0.15, 0.2) is 0 Å². The van der Waals surface area contributed by atoms with E-state index in [1.807, 2.05) is 0 Å². The largest absolute Gasteiger partial charge is 0.383 e. The molecule has 2 N–H and O–H groups in total. The Kier molecular flexibility index (Phi) is 10.4. The molecule has 0 aromatic rings. The van der Waals surface area contributed by atoms with Crippen LogP contribution in [0.3, 0.4) is 0 Å². The van der Waals surface area contributed by atoms with Gasteiger partial charge in [-0.2, -0.15) is 0 Å². The Bertz CT molecular complexity index is 173. The summed E-state index contributed by atoms with van der Waals surface area (Å²) in [6.45, 7) is 9.74. The highest BCUT2D eigenvalue weighted by Gasteiger charge is 2.01. The molecule has 0 aliphatic rings. The SMILES string of the molecule is CCN(CC)CCNCC(=O)NCCOC. The fraction of sp³-hybridized carbons (Fsp3) is 0.909. The average molecular weight is 231 g/mol.